The molecule has 0 aliphatic carbocycles. The molecule has 8 nitrogen and oxygen atoms in total. The molecule has 2 aromatic carbocycles. The molecular weight excluding hydrogens is 354 g/mol. The summed E-state index contributed by atoms with van der Waals surface area (Å²) < 4.78 is 15.4. The molecule has 0 radical (unpaired) electrons. The van der Waals surface area contributed by atoms with E-state index in [4.69, 9.17) is 14.2 Å². The number of carbonyl (C=O) groups is 2. The van der Waals surface area contributed by atoms with E-state index in [9.17, 15) is 19.8 Å². The first-order valence-corrected chi connectivity index (χ1v) is 8.00. The molecule has 1 heterocycles. The predicted molar refractivity (Wildman–Crippen MR) is 95.1 cm³/mol. The largest absolute Gasteiger partial charge is 0.508 e. The van der Waals surface area contributed by atoms with Gasteiger partial charge in [0.1, 0.15) is 12.4 Å². The summed E-state index contributed by atoms with van der Waals surface area (Å²) in [6.07, 6.45) is 2.85. The summed E-state index contributed by atoms with van der Waals surface area (Å²) in [5, 5.41) is 21.4. The van der Waals surface area contributed by atoms with Gasteiger partial charge in [-0.25, -0.2) is 0 Å². The van der Waals surface area contributed by atoms with Gasteiger partial charge in [-0.2, -0.15) is 0 Å². The number of benzene rings is 2. The second-order valence-electron chi connectivity index (χ2n) is 5.64. The fourth-order valence-electron chi connectivity index (χ4n) is 2.53. The number of aliphatic hydroxyl groups excluding tert-OH is 1. The Morgan fingerprint density at radius 1 is 1.19 bits per heavy atom. The zero-order valence-electron chi connectivity index (χ0n) is 14.2. The minimum atomic E-state index is -0.417. The molecule has 0 saturated carbocycles. The lowest BCUT2D eigenvalue weighted by Crippen LogP contribution is -2.10. The maximum Gasteiger partial charge on any atom is 0.293 e. The van der Waals surface area contributed by atoms with Gasteiger partial charge in [-0.3, -0.25) is 9.59 Å². The highest BCUT2D eigenvalue weighted by atomic mass is 16.7. The maximum absolute atomic E-state index is 12.3. The molecule has 3 N–H and O–H groups in total. The third-order valence-corrected chi connectivity index (χ3v) is 3.86. The lowest BCUT2D eigenvalue weighted by molar-refractivity contribution is -0.129. The Labute approximate surface area is 154 Å². The van der Waals surface area contributed by atoms with Crippen molar-refractivity contribution in [2.45, 2.75) is 13.2 Å². The summed E-state index contributed by atoms with van der Waals surface area (Å²) in [6.45, 7) is 0.0581. The fourth-order valence-corrected chi connectivity index (χ4v) is 2.53. The van der Waals surface area contributed by atoms with Crippen molar-refractivity contribution in [3.05, 3.63) is 53.1 Å². The van der Waals surface area contributed by atoms with Gasteiger partial charge >= 0.3 is 0 Å². The summed E-state index contributed by atoms with van der Waals surface area (Å²) in [6, 6.07) is 7.86. The molecule has 2 aromatic rings. The van der Waals surface area contributed by atoms with Crippen LogP contribution in [0, 0.1) is 0 Å². The van der Waals surface area contributed by atoms with Crippen LogP contribution < -0.4 is 14.8 Å². The predicted octanol–water partition coefficient (Wildman–Crippen LogP) is 1.94. The number of aromatic hydroxyl groups is 1. The molecule has 0 saturated heterocycles. The first-order chi connectivity index (χ1) is 13.1. The quantitative estimate of drug-likeness (QED) is 0.503. The van der Waals surface area contributed by atoms with Gasteiger partial charge in [0.15, 0.2) is 11.5 Å². The van der Waals surface area contributed by atoms with Crippen LogP contribution in [0.25, 0.3) is 6.08 Å². The van der Waals surface area contributed by atoms with E-state index in [1.165, 1.54) is 12.1 Å². The molecule has 0 atom stereocenters. The SMILES string of the molecule is O=COCc1cc2c(cc1NC(=O)/C=C/c1ccc(O)c(CO)c1)OCO2. The number of hydrogen-bond donors (Lipinski definition) is 3. The first-order valence-electron chi connectivity index (χ1n) is 8.00. The summed E-state index contributed by atoms with van der Waals surface area (Å²) in [7, 11) is 0. The van der Waals surface area contributed by atoms with Gasteiger partial charge in [0.05, 0.1) is 12.3 Å². The number of hydrogen-bond acceptors (Lipinski definition) is 7. The van der Waals surface area contributed by atoms with Crippen molar-refractivity contribution in [3.63, 3.8) is 0 Å². The van der Waals surface area contributed by atoms with E-state index in [1.54, 1.807) is 30.3 Å². The van der Waals surface area contributed by atoms with Gasteiger partial charge in [-0.05, 0) is 29.8 Å². The Hall–Kier alpha value is -3.52. The van der Waals surface area contributed by atoms with Crippen LogP contribution in [-0.2, 0) is 27.5 Å². The Kier molecular flexibility index (Phi) is 5.58. The van der Waals surface area contributed by atoms with Crippen LogP contribution in [0.5, 0.6) is 17.2 Å². The van der Waals surface area contributed by atoms with Crippen LogP contribution >= 0.6 is 0 Å². The number of carbonyl (C=O) groups excluding carboxylic acids is 2. The molecule has 8 heteroatoms. The average molecular weight is 371 g/mol. The van der Waals surface area contributed by atoms with E-state index >= 15 is 0 Å². The summed E-state index contributed by atoms with van der Waals surface area (Å²) >= 11 is 0. The number of ether oxygens (including phenoxy) is 3. The molecule has 0 unspecified atom stereocenters. The van der Waals surface area contributed by atoms with E-state index in [1.807, 2.05) is 0 Å². The van der Waals surface area contributed by atoms with E-state index < -0.39 is 5.91 Å². The number of nitrogens with one attached hydrogen (secondary N) is 1. The third kappa shape index (κ3) is 4.36. The summed E-state index contributed by atoms with van der Waals surface area (Å²) in [5.74, 6) is 0.558. The molecule has 27 heavy (non-hydrogen) atoms. The monoisotopic (exact) mass is 371 g/mol. The minimum absolute atomic E-state index is 0.0146. The van der Waals surface area contributed by atoms with Crippen LogP contribution in [0.15, 0.2) is 36.4 Å². The summed E-state index contributed by atoms with van der Waals surface area (Å²) in [5.41, 5.74) is 1.99. The second kappa shape index (κ2) is 8.24. The highest BCUT2D eigenvalue weighted by molar-refractivity contribution is 6.02. The van der Waals surface area contributed by atoms with E-state index in [0.717, 1.165) is 0 Å². The smallest absolute Gasteiger partial charge is 0.293 e. The topological polar surface area (TPSA) is 114 Å². The average Bonchev–Trinajstić information content (AvgIpc) is 3.12. The zero-order valence-corrected chi connectivity index (χ0v) is 14.2. The standard InChI is InChI=1S/C19H17NO7/c21-8-13-5-12(1-3-16(13)23)2-4-19(24)20-15-7-18-17(26-11-27-18)6-14(15)9-25-10-22/h1-7,10,21,23H,8-9,11H2,(H,20,24)/b4-2+. The van der Waals surface area contributed by atoms with Crippen LogP contribution in [-0.4, -0.2) is 29.4 Å². The Bertz CT molecular complexity index is 892. The Morgan fingerprint density at radius 2 is 1.96 bits per heavy atom. The molecule has 0 bridgehead atoms. The fraction of sp³-hybridized carbons (Fsp3) is 0.158. The number of fused-ring (bicyclic) bond motifs is 1. The van der Waals surface area contributed by atoms with Gasteiger partial charge in [0.25, 0.3) is 6.47 Å². The highest BCUT2D eigenvalue weighted by Crippen LogP contribution is 2.37. The van der Waals surface area contributed by atoms with Gasteiger partial charge in [-0.15, -0.1) is 0 Å². The molecule has 0 aromatic heterocycles. The van der Waals surface area contributed by atoms with Gasteiger partial charge in [0, 0.05) is 23.3 Å². The van der Waals surface area contributed by atoms with Crippen LogP contribution in [0.2, 0.25) is 0 Å². The number of anilines is 1. The lowest BCUT2D eigenvalue weighted by Gasteiger charge is -2.10. The van der Waals surface area contributed by atoms with Crippen molar-refractivity contribution in [2.75, 3.05) is 12.1 Å². The molecule has 3 rings (SSSR count). The van der Waals surface area contributed by atoms with Crippen molar-refractivity contribution in [1.29, 1.82) is 0 Å². The zero-order chi connectivity index (χ0) is 19.2. The van der Waals surface area contributed by atoms with Gasteiger partial charge < -0.3 is 29.7 Å². The van der Waals surface area contributed by atoms with Gasteiger partial charge in [-0.1, -0.05) is 6.07 Å². The minimum Gasteiger partial charge on any atom is -0.508 e. The number of amides is 1. The second-order valence-corrected chi connectivity index (χ2v) is 5.64. The van der Waals surface area contributed by atoms with Crippen molar-refractivity contribution in [1.82, 2.24) is 0 Å². The van der Waals surface area contributed by atoms with E-state index in [0.29, 0.717) is 40.3 Å². The molecular formula is C19H17NO7. The van der Waals surface area contributed by atoms with Crippen LogP contribution in [0.4, 0.5) is 5.69 Å². The number of aliphatic hydroxyl groups is 1. The highest BCUT2D eigenvalue weighted by Gasteiger charge is 2.18. The molecule has 1 aliphatic rings. The first kappa shape index (κ1) is 18.3. The van der Waals surface area contributed by atoms with Crippen molar-refractivity contribution in [3.8, 4) is 17.2 Å². The van der Waals surface area contributed by atoms with Crippen molar-refractivity contribution in [2.24, 2.45) is 0 Å². The van der Waals surface area contributed by atoms with Gasteiger partial charge in [0.2, 0.25) is 12.7 Å². The molecule has 1 amide bonds. The van der Waals surface area contributed by atoms with Crippen molar-refractivity contribution < 1.29 is 34.0 Å². The van der Waals surface area contributed by atoms with E-state index in [2.05, 4.69) is 5.32 Å². The van der Waals surface area contributed by atoms with Crippen molar-refractivity contribution >= 4 is 24.1 Å². The van der Waals surface area contributed by atoms with E-state index in [-0.39, 0.29) is 25.8 Å². The molecule has 1 aliphatic heterocycles. The van der Waals surface area contributed by atoms with Crippen LogP contribution in [0.1, 0.15) is 16.7 Å². The third-order valence-electron chi connectivity index (χ3n) is 3.86. The van der Waals surface area contributed by atoms with Crippen LogP contribution in [0.3, 0.4) is 0 Å². The number of rotatable bonds is 7. The maximum atomic E-state index is 12.3. The summed E-state index contributed by atoms with van der Waals surface area (Å²) in [4.78, 5) is 22.7. The molecule has 140 valence electrons. The number of phenols is 1. The lowest BCUT2D eigenvalue weighted by atomic mass is 10.1. The Balaban J connectivity index is 1.76. The molecule has 0 fully saturated rings. The Morgan fingerprint density at radius 3 is 2.70 bits per heavy atom. The molecule has 0 spiro atoms. The normalized spacial score (nSPS) is 12.2.